The summed E-state index contributed by atoms with van der Waals surface area (Å²) in [5, 5.41) is 22.9. The molecule has 6 nitrogen and oxygen atoms in total. The van der Waals surface area contributed by atoms with Crippen LogP contribution in [0, 0.1) is 27.4 Å². The number of non-ortho nitro benzene ring substituents is 1. The lowest BCUT2D eigenvalue weighted by Gasteiger charge is -2.10. The lowest BCUT2D eigenvalue weighted by Crippen LogP contribution is -2.12. The van der Waals surface area contributed by atoms with Gasteiger partial charge in [-0.15, -0.1) is 0 Å². The number of hydrogen-bond acceptors (Lipinski definition) is 5. The highest BCUT2D eigenvalue weighted by atomic mass is 16.6. The van der Waals surface area contributed by atoms with E-state index in [0.29, 0.717) is 18.3 Å². The predicted molar refractivity (Wildman–Crippen MR) is 68.9 cm³/mol. The van der Waals surface area contributed by atoms with E-state index in [1.165, 1.54) is 18.2 Å². The number of ether oxygens (including phenoxy) is 1. The quantitative estimate of drug-likeness (QED) is 0.645. The Hall–Kier alpha value is -2.13. The number of rotatable bonds is 5. The third kappa shape index (κ3) is 3.42. The fourth-order valence-corrected chi connectivity index (χ4v) is 2.14. The molecule has 0 aromatic heterocycles. The molecule has 2 rings (SSSR count). The minimum atomic E-state index is -0.519. The van der Waals surface area contributed by atoms with Crippen molar-refractivity contribution < 1.29 is 9.66 Å². The standard InChI is InChI=1S/C13H15N3O3/c14-8-11-7-12(16(17)18)1-2-13(11)19-6-4-10-3-5-15-9-10/h1-2,7,10,15H,3-6,9H2. The zero-order valence-electron chi connectivity index (χ0n) is 10.5. The summed E-state index contributed by atoms with van der Waals surface area (Å²) in [6.07, 6.45) is 2.07. The first-order valence-electron chi connectivity index (χ1n) is 6.23. The van der Waals surface area contributed by atoms with Gasteiger partial charge in [0.25, 0.3) is 5.69 Å². The van der Waals surface area contributed by atoms with Crippen molar-refractivity contribution in [1.82, 2.24) is 5.32 Å². The van der Waals surface area contributed by atoms with Gasteiger partial charge in [-0.25, -0.2) is 0 Å². The van der Waals surface area contributed by atoms with E-state index < -0.39 is 4.92 Å². The highest BCUT2D eigenvalue weighted by Crippen LogP contribution is 2.24. The van der Waals surface area contributed by atoms with E-state index in [1.807, 2.05) is 6.07 Å². The van der Waals surface area contributed by atoms with Crippen LogP contribution in [0.1, 0.15) is 18.4 Å². The molecule has 1 heterocycles. The van der Waals surface area contributed by atoms with Gasteiger partial charge in [0.2, 0.25) is 0 Å². The number of nitro groups is 1. The van der Waals surface area contributed by atoms with Gasteiger partial charge in [0.05, 0.1) is 11.5 Å². The van der Waals surface area contributed by atoms with Crippen LogP contribution in [0.3, 0.4) is 0 Å². The molecule has 1 aromatic rings. The fraction of sp³-hybridized carbons (Fsp3) is 0.462. The second kappa shape index (κ2) is 6.16. The third-order valence-corrected chi connectivity index (χ3v) is 3.24. The molecule has 1 aromatic carbocycles. The first-order chi connectivity index (χ1) is 9.20. The van der Waals surface area contributed by atoms with Crippen LogP contribution in [0.25, 0.3) is 0 Å². The van der Waals surface area contributed by atoms with Gasteiger partial charge < -0.3 is 10.1 Å². The Morgan fingerprint density at radius 2 is 2.42 bits per heavy atom. The van der Waals surface area contributed by atoms with E-state index in [2.05, 4.69) is 5.32 Å². The SMILES string of the molecule is N#Cc1cc([N+](=O)[O-])ccc1OCCC1CCNC1. The molecule has 1 saturated heterocycles. The van der Waals surface area contributed by atoms with Gasteiger partial charge in [0.1, 0.15) is 17.4 Å². The molecule has 1 fully saturated rings. The summed E-state index contributed by atoms with van der Waals surface area (Å²) in [5.74, 6) is 1.03. The molecule has 1 aliphatic rings. The van der Waals surface area contributed by atoms with Gasteiger partial charge >= 0.3 is 0 Å². The Bertz CT molecular complexity index is 504. The molecule has 100 valence electrons. The maximum Gasteiger partial charge on any atom is 0.271 e. The van der Waals surface area contributed by atoms with Crippen LogP contribution < -0.4 is 10.1 Å². The molecule has 1 aliphatic heterocycles. The first kappa shape index (κ1) is 13.3. The van der Waals surface area contributed by atoms with E-state index in [4.69, 9.17) is 10.00 Å². The van der Waals surface area contributed by atoms with Crippen molar-refractivity contribution in [2.24, 2.45) is 5.92 Å². The maximum atomic E-state index is 10.6. The molecular formula is C13H15N3O3. The molecule has 0 radical (unpaired) electrons. The van der Waals surface area contributed by atoms with Crippen LogP contribution in [0.15, 0.2) is 18.2 Å². The minimum Gasteiger partial charge on any atom is -0.492 e. The fourth-order valence-electron chi connectivity index (χ4n) is 2.14. The Morgan fingerprint density at radius 1 is 1.58 bits per heavy atom. The number of nitrogens with zero attached hydrogens (tertiary/aromatic N) is 2. The summed E-state index contributed by atoms with van der Waals surface area (Å²) >= 11 is 0. The first-order valence-corrected chi connectivity index (χ1v) is 6.23. The Morgan fingerprint density at radius 3 is 3.05 bits per heavy atom. The van der Waals surface area contributed by atoms with Crippen molar-refractivity contribution in [1.29, 1.82) is 5.26 Å². The molecular weight excluding hydrogens is 246 g/mol. The molecule has 1 atom stereocenters. The van der Waals surface area contributed by atoms with Crippen LogP contribution in [0.5, 0.6) is 5.75 Å². The van der Waals surface area contributed by atoms with Crippen LogP contribution in [-0.4, -0.2) is 24.6 Å². The molecule has 1 N–H and O–H groups in total. The minimum absolute atomic E-state index is 0.0936. The average Bonchev–Trinajstić information content (AvgIpc) is 2.92. The lowest BCUT2D eigenvalue weighted by molar-refractivity contribution is -0.384. The van der Waals surface area contributed by atoms with E-state index in [0.717, 1.165) is 25.9 Å². The number of hydrogen-bond donors (Lipinski definition) is 1. The summed E-state index contributed by atoms with van der Waals surface area (Å²) in [7, 11) is 0. The van der Waals surface area contributed by atoms with Gasteiger partial charge in [-0.1, -0.05) is 0 Å². The summed E-state index contributed by atoms with van der Waals surface area (Å²) in [6, 6.07) is 6.01. The zero-order chi connectivity index (χ0) is 13.7. The highest BCUT2D eigenvalue weighted by molar-refractivity contribution is 5.50. The van der Waals surface area contributed by atoms with Crippen LogP contribution in [0.4, 0.5) is 5.69 Å². The summed E-state index contributed by atoms with van der Waals surface area (Å²) in [5.41, 5.74) is 0.114. The Balaban J connectivity index is 1.95. The molecule has 19 heavy (non-hydrogen) atoms. The molecule has 0 bridgehead atoms. The number of nitro benzene ring substituents is 1. The highest BCUT2D eigenvalue weighted by Gasteiger charge is 2.15. The molecule has 6 heteroatoms. The third-order valence-electron chi connectivity index (χ3n) is 3.24. The van der Waals surface area contributed by atoms with Crippen molar-refractivity contribution in [3.8, 4) is 11.8 Å². The maximum absolute atomic E-state index is 10.6. The predicted octanol–water partition coefficient (Wildman–Crippen LogP) is 1.84. The normalized spacial score (nSPS) is 17.9. The summed E-state index contributed by atoms with van der Waals surface area (Å²) in [4.78, 5) is 10.1. The van der Waals surface area contributed by atoms with Crippen molar-refractivity contribution in [3.63, 3.8) is 0 Å². The second-order valence-electron chi connectivity index (χ2n) is 4.55. The van der Waals surface area contributed by atoms with Gasteiger partial charge in [-0.05, 0) is 37.9 Å². The monoisotopic (exact) mass is 261 g/mol. The van der Waals surface area contributed by atoms with E-state index in [9.17, 15) is 10.1 Å². The largest absolute Gasteiger partial charge is 0.492 e. The topological polar surface area (TPSA) is 88.2 Å². The molecule has 0 spiro atoms. The Kier molecular flexibility index (Phi) is 4.31. The smallest absolute Gasteiger partial charge is 0.271 e. The summed E-state index contributed by atoms with van der Waals surface area (Å²) in [6.45, 7) is 2.58. The van der Waals surface area contributed by atoms with Crippen molar-refractivity contribution >= 4 is 5.69 Å². The average molecular weight is 261 g/mol. The van der Waals surface area contributed by atoms with E-state index in [1.54, 1.807) is 0 Å². The number of benzene rings is 1. The van der Waals surface area contributed by atoms with Crippen molar-refractivity contribution in [3.05, 3.63) is 33.9 Å². The van der Waals surface area contributed by atoms with Gasteiger partial charge in [0, 0.05) is 12.1 Å². The summed E-state index contributed by atoms with van der Waals surface area (Å²) < 4.78 is 5.55. The molecule has 1 unspecified atom stereocenters. The Labute approximate surface area is 111 Å². The van der Waals surface area contributed by atoms with Gasteiger partial charge in [-0.3, -0.25) is 10.1 Å². The lowest BCUT2D eigenvalue weighted by atomic mass is 10.1. The van der Waals surface area contributed by atoms with Gasteiger partial charge in [-0.2, -0.15) is 5.26 Å². The second-order valence-corrected chi connectivity index (χ2v) is 4.55. The number of nitrogens with one attached hydrogen (secondary N) is 1. The van der Waals surface area contributed by atoms with Crippen LogP contribution in [0.2, 0.25) is 0 Å². The van der Waals surface area contributed by atoms with E-state index >= 15 is 0 Å². The van der Waals surface area contributed by atoms with E-state index in [-0.39, 0.29) is 11.3 Å². The van der Waals surface area contributed by atoms with Crippen molar-refractivity contribution in [2.75, 3.05) is 19.7 Å². The molecule has 0 aliphatic carbocycles. The van der Waals surface area contributed by atoms with Gasteiger partial charge in [0.15, 0.2) is 0 Å². The van der Waals surface area contributed by atoms with Crippen LogP contribution >= 0.6 is 0 Å². The molecule has 0 amide bonds. The van der Waals surface area contributed by atoms with Crippen molar-refractivity contribution in [2.45, 2.75) is 12.8 Å². The van der Waals surface area contributed by atoms with Crippen LogP contribution in [-0.2, 0) is 0 Å². The molecule has 0 saturated carbocycles. The number of nitriles is 1. The zero-order valence-corrected chi connectivity index (χ0v) is 10.5.